The zero-order valence-corrected chi connectivity index (χ0v) is 10.7. The highest BCUT2D eigenvalue weighted by Crippen LogP contribution is 2.35. The second kappa shape index (κ2) is 5.15. The quantitative estimate of drug-likeness (QED) is 0.794. The lowest BCUT2D eigenvalue weighted by Gasteiger charge is -2.35. The van der Waals surface area contributed by atoms with Gasteiger partial charge in [0.05, 0.1) is 25.7 Å². The average molecular weight is 255 g/mol. The molecule has 0 aromatic rings. The zero-order valence-electron chi connectivity index (χ0n) is 10.7. The third-order valence-electron chi connectivity index (χ3n) is 4.21. The fourth-order valence-electron chi connectivity index (χ4n) is 3.05. The smallest absolute Gasteiger partial charge is 0.225 e. The molecule has 2 aliphatic heterocycles. The number of rotatable bonds is 2. The lowest BCUT2D eigenvalue weighted by Crippen LogP contribution is -2.45. The number of carbonyl (C=O) groups excluding carboxylic acids is 1. The van der Waals surface area contributed by atoms with Crippen LogP contribution in [-0.2, 0) is 19.0 Å². The summed E-state index contributed by atoms with van der Waals surface area (Å²) in [6.07, 6.45) is 4.52. The third-order valence-corrected chi connectivity index (χ3v) is 4.21. The summed E-state index contributed by atoms with van der Waals surface area (Å²) in [7, 11) is 0. The Labute approximate surface area is 107 Å². The van der Waals surface area contributed by atoms with Crippen molar-refractivity contribution < 1.29 is 19.0 Å². The predicted molar refractivity (Wildman–Crippen MR) is 64.0 cm³/mol. The molecule has 0 aromatic heterocycles. The standard InChI is InChI=1S/C13H21NO4/c15-12(10-3-6-16-9-10)14-11-1-4-13(5-2-11)17-7-8-18-13/h10-11H,1-9H2,(H,14,15). The highest BCUT2D eigenvalue weighted by molar-refractivity contribution is 5.79. The normalized spacial score (nSPS) is 31.9. The molecule has 5 heteroatoms. The summed E-state index contributed by atoms with van der Waals surface area (Å²) >= 11 is 0. The summed E-state index contributed by atoms with van der Waals surface area (Å²) in [5.41, 5.74) is 0. The van der Waals surface area contributed by atoms with Crippen molar-refractivity contribution in [3.8, 4) is 0 Å². The lowest BCUT2D eigenvalue weighted by atomic mass is 9.89. The lowest BCUT2D eigenvalue weighted by molar-refractivity contribution is -0.180. The molecule has 18 heavy (non-hydrogen) atoms. The summed E-state index contributed by atoms with van der Waals surface area (Å²) in [6.45, 7) is 2.70. The maximum Gasteiger partial charge on any atom is 0.225 e. The van der Waals surface area contributed by atoms with Gasteiger partial charge in [-0.05, 0) is 19.3 Å². The Morgan fingerprint density at radius 1 is 1.06 bits per heavy atom. The molecule has 5 nitrogen and oxygen atoms in total. The molecule has 1 spiro atoms. The van der Waals surface area contributed by atoms with E-state index in [1.807, 2.05) is 0 Å². The van der Waals surface area contributed by atoms with Crippen molar-refractivity contribution in [2.75, 3.05) is 26.4 Å². The summed E-state index contributed by atoms with van der Waals surface area (Å²) in [6, 6.07) is 0.275. The van der Waals surface area contributed by atoms with Gasteiger partial charge in [-0.3, -0.25) is 4.79 Å². The van der Waals surface area contributed by atoms with Crippen molar-refractivity contribution in [1.82, 2.24) is 5.32 Å². The van der Waals surface area contributed by atoms with Crippen molar-refractivity contribution in [2.24, 2.45) is 5.92 Å². The van der Waals surface area contributed by atoms with Gasteiger partial charge < -0.3 is 19.5 Å². The van der Waals surface area contributed by atoms with Crippen LogP contribution in [0.25, 0.3) is 0 Å². The molecule has 1 saturated carbocycles. The number of hydrogen-bond acceptors (Lipinski definition) is 4. The third kappa shape index (κ3) is 2.53. The first kappa shape index (κ1) is 12.4. The number of ether oxygens (including phenoxy) is 3. The Morgan fingerprint density at radius 2 is 1.78 bits per heavy atom. The maximum atomic E-state index is 12.0. The molecule has 1 aliphatic carbocycles. The Kier molecular flexibility index (Phi) is 3.54. The minimum atomic E-state index is -0.336. The fraction of sp³-hybridized carbons (Fsp3) is 0.923. The Balaban J connectivity index is 1.46. The van der Waals surface area contributed by atoms with Gasteiger partial charge in [-0.1, -0.05) is 0 Å². The molecule has 2 heterocycles. The minimum absolute atomic E-state index is 0.0554. The van der Waals surface area contributed by atoms with E-state index in [4.69, 9.17) is 14.2 Å². The van der Waals surface area contributed by atoms with Gasteiger partial charge in [0, 0.05) is 25.5 Å². The first-order valence-electron chi connectivity index (χ1n) is 6.93. The molecule has 102 valence electrons. The van der Waals surface area contributed by atoms with Crippen LogP contribution < -0.4 is 5.32 Å². The molecule has 2 saturated heterocycles. The SMILES string of the molecule is O=C(NC1CCC2(CC1)OCCO2)C1CCOC1. The minimum Gasteiger partial charge on any atom is -0.381 e. The van der Waals surface area contributed by atoms with E-state index in [1.54, 1.807) is 0 Å². The van der Waals surface area contributed by atoms with Gasteiger partial charge >= 0.3 is 0 Å². The van der Waals surface area contributed by atoms with Gasteiger partial charge in [-0.25, -0.2) is 0 Å². The second-order valence-electron chi connectivity index (χ2n) is 5.45. The molecule has 3 rings (SSSR count). The Hall–Kier alpha value is -0.650. The summed E-state index contributed by atoms with van der Waals surface area (Å²) in [4.78, 5) is 12.0. The molecule has 1 N–H and O–H groups in total. The predicted octanol–water partition coefficient (Wildman–Crippen LogP) is 0.825. The van der Waals surface area contributed by atoms with Crippen LogP contribution in [0.2, 0.25) is 0 Å². The molecule has 3 aliphatic rings. The van der Waals surface area contributed by atoms with E-state index < -0.39 is 0 Å². The van der Waals surface area contributed by atoms with E-state index in [2.05, 4.69) is 5.32 Å². The van der Waals surface area contributed by atoms with E-state index in [0.29, 0.717) is 26.4 Å². The van der Waals surface area contributed by atoms with Crippen molar-refractivity contribution in [3.63, 3.8) is 0 Å². The van der Waals surface area contributed by atoms with Gasteiger partial charge in [0.2, 0.25) is 5.91 Å². The Morgan fingerprint density at radius 3 is 2.39 bits per heavy atom. The van der Waals surface area contributed by atoms with Crippen molar-refractivity contribution in [1.29, 1.82) is 0 Å². The van der Waals surface area contributed by atoms with Crippen molar-refractivity contribution >= 4 is 5.91 Å². The van der Waals surface area contributed by atoms with Gasteiger partial charge in [0.15, 0.2) is 5.79 Å². The van der Waals surface area contributed by atoms with Gasteiger partial charge in [0.25, 0.3) is 0 Å². The van der Waals surface area contributed by atoms with Gasteiger partial charge in [0.1, 0.15) is 0 Å². The summed E-state index contributed by atoms with van der Waals surface area (Å²) < 4.78 is 16.6. The highest BCUT2D eigenvalue weighted by Gasteiger charge is 2.40. The topological polar surface area (TPSA) is 56.8 Å². The van der Waals surface area contributed by atoms with Crippen LogP contribution in [-0.4, -0.2) is 44.2 Å². The fourth-order valence-corrected chi connectivity index (χ4v) is 3.05. The Bertz CT molecular complexity index is 298. The van der Waals surface area contributed by atoms with E-state index in [9.17, 15) is 4.79 Å². The summed E-state index contributed by atoms with van der Waals surface area (Å²) in [5, 5.41) is 3.14. The molecular formula is C13H21NO4. The van der Waals surface area contributed by atoms with Crippen LogP contribution in [0.4, 0.5) is 0 Å². The van der Waals surface area contributed by atoms with Crippen molar-refractivity contribution in [3.05, 3.63) is 0 Å². The van der Waals surface area contributed by atoms with Crippen LogP contribution in [0.15, 0.2) is 0 Å². The van der Waals surface area contributed by atoms with Crippen LogP contribution in [0.5, 0.6) is 0 Å². The maximum absolute atomic E-state index is 12.0. The number of hydrogen-bond donors (Lipinski definition) is 1. The molecular weight excluding hydrogens is 234 g/mol. The highest BCUT2D eigenvalue weighted by atomic mass is 16.7. The zero-order chi connectivity index (χ0) is 12.4. The number of amides is 1. The van der Waals surface area contributed by atoms with E-state index in [-0.39, 0.29) is 23.7 Å². The molecule has 3 fully saturated rings. The van der Waals surface area contributed by atoms with E-state index >= 15 is 0 Å². The monoisotopic (exact) mass is 255 g/mol. The first-order valence-corrected chi connectivity index (χ1v) is 6.93. The molecule has 0 radical (unpaired) electrons. The number of carbonyl (C=O) groups is 1. The van der Waals surface area contributed by atoms with Crippen LogP contribution in [0.3, 0.4) is 0 Å². The molecule has 0 aromatic carbocycles. The number of nitrogens with one attached hydrogen (secondary N) is 1. The first-order chi connectivity index (χ1) is 8.77. The van der Waals surface area contributed by atoms with Gasteiger partial charge in [-0.15, -0.1) is 0 Å². The molecule has 1 atom stereocenters. The molecule has 1 unspecified atom stereocenters. The van der Waals surface area contributed by atoms with E-state index in [0.717, 1.165) is 32.1 Å². The average Bonchev–Trinajstić information content (AvgIpc) is 3.04. The van der Waals surface area contributed by atoms with Crippen LogP contribution in [0, 0.1) is 5.92 Å². The van der Waals surface area contributed by atoms with Crippen LogP contribution in [0.1, 0.15) is 32.1 Å². The van der Waals surface area contributed by atoms with E-state index in [1.165, 1.54) is 0 Å². The van der Waals surface area contributed by atoms with Crippen LogP contribution >= 0.6 is 0 Å². The largest absolute Gasteiger partial charge is 0.381 e. The van der Waals surface area contributed by atoms with Gasteiger partial charge in [-0.2, -0.15) is 0 Å². The second-order valence-corrected chi connectivity index (χ2v) is 5.45. The molecule has 1 amide bonds. The summed E-state index contributed by atoms with van der Waals surface area (Å²) in [5.74, 6) is -0.126. The van der Waals surface area contributed by atoms with Crippen molar-refractivity contribution in [2.45, 2.75) is 43.9 Å². The molecule has 0 bridgehead atoms.